The second-order valence-corrected chi connectivity index (χ2v) is 8.03. The van der Waals surface area contributed by atoms with Gasteiger partial charge in [0, 0.05) is 11.0 Å². The van der Waals surface area contributed by atoms with E-state index in [1.54, 1.807) is 12.1 Å². The number of nitrogens with one attached hydrogen (secondary N) is 2. The van der Waals surface area contributed by atoms with Gasteiger partial charge in [-0.25, -0.2) is 13.1 Å². The van der Waals surface area contributed by atoms with Gasteiger partial charge in [0.05, 0.1) is 5.02 Å². The molecule has 0 aliphatic carbocycles. The number of hydrogen-bond acceptors (Lipinski definition) is 3. The Kier molecular flexibility index (Phi) is 5.86. The molecule has 0 saturated carbocycles. The van der Waals surface area contributed by atoms with Crippen LogP contribution in [0.3, 0.4) is 0 Å². The zero-order valence-electron chi connectivity index (χ0n) is 11.0. The monoisotopic (exact) mass is 380 g/mol. The Labute approximate surface area is 133 Å². The minimum absolute atomic E-state index is 0.121. The first-order chi connectivity index (χ1) is 9.49. The van der Waals surface area contributed by atoms with Gasteiger partial charge in [0.2, 0.25) is 10.0 Å². The molecular weight excluding hydrogens is 364 g/mol. The van der Waals surface area contributed by atoms with E-state index >= 15 is 0 Å². The van der Waals surface area contributed by atoms with Gasteiger partial charge in [0.15, 0.2) is 0 Å². The molecule has 1 aliphatic heterocycles. The summed E-state index contributed by atoms with van der Waals surface area (Å²) in [4.78, 5) is 0.121. The molecular formula is C13H18BrClN2O2S. The number of piperidine rings is 1. The van der Waals surface area contributed by atoms with Crippen LogP contribution >= 0.6 is 27.5 Å². The summed E-state index contributed by atoms with van der Waals surface area (Å²) in [6.07, 6.45) is 3.17. The number of sulfonamides is 1. The fraction of sp³-hybridized carbons (Fsp3) is 0.538. The van der Waals surface area contributed by atoms with Crippen LogP contribution in [0, 0.1) is 5.92 Å². The lowest BCUT2D eigenvalue weighted by atomic mass is 9.96. The molecule has 1 aromatic rings. The van der Waals surface area contributed by atoms with Crippen molar-refractivity contribution in [3.8, 4) is 0 Å². The molecule has 1 heterocycles. The van der Waals surface area contributed by atoms with Crippen LogP contribution in [0.5, 0.6) is 0 Å². The molecule has 1 atom stereocenters. The van der Waals surface area contributed by atoms with Crippen LogP contribution in [-0.2, 0) is 10.0 Å². The molecule has 1 aromatic carbocycles. The Morgan fingerprint density at radius 1 is 1.45 bits per heavy atom. The molecule has 20 heavy (non-hydrogen) atoms. The number of halogens is 2. The molecule has 112 valence electrons. The molecule has 0 amide bonds. The fourth-order valence-electron chi connectivity index (χ4n) is 2.33. The zero-order chi connectivity index (χ0) is 14.6. The standard InChI is InChI=1S/C13H18BrClN2O2S/c14-11-3-4-12(15)13(8-11)20(18,19)17-7-5-10-2-1-6-16-9-10/h3-4,8,10,16-17H,1-2,5-7,9H2. The average molecular weight is 382 g/mol. The molecule has 0 aromatic heterocycles. The van der Waals surface area contributed by atoms with E-state index in [1.165, 1.54) is 6.07 Å². The third-order valence-corrected chi connectivity index (χ3v) is 5.86. The maximum Gasteiger partial charge on any atom is 0.242 e. The summed E-state index contributed by atoms with van der Waals surface area (Å²) in [6, 6.07) is 4.81. The molecule has 2 N–H and O–H groups in total. The molecule has 7 heteroatoms. The van der Waals surface area contributed by atoms with Crippen molar-refractivity contribution in [2.24, 2.45) is 5.92 Å². The van der Waals surface area contributed by atoms with Gasteiger partial charge in [-0.2, -0.15) is 0 Å². The zero-order valence-corrected chi connectivity index (χ0v) is 14.2. The predicted octanol–water partition coefficient (Wildman–Crippen LogP) is 2.77. The van der Waals surface area contributed by atoms with Crippen molar-refractivity contribution in [1.82, 2.24) is 10.0 Å². The normalized spacial score (nSPS) is 20.0. The molecule has 0 bridgehead atoms. The second kappa shape index (κ2) is 7.22. The van der Waals surface area contributed by atoms with Gasteiger partial charge in [-0.15, -0.1) is 0 Å². The Bertz CT molecular complexity index is 559. The fourth-order valence-corrected chi connectivity index (χ4v) is 4.41. The van der Waals surface area contributed by atoms with Crippen molar-refractivity contribution in [3.05, 3.63) is 27.7 Å². The summed E-state index contributed by atoms with van der Waals surface area (Å²) in [6.45, 7) is 2.48. The van der Waals surface area contributed by atoms with E-state index in [4.69, 9.17) is 11.6 Å². The highest BCUT2D eigenvalue weighted by atomic mass is 79.9. The SMILES string of the molecule is O=S(=O)(NCCC1CCCNC1)c1cc(Br)ccc1Cl. The van der Waals surface area contributed by atoms with Crippen molar-refractivity contribution in [2.45, 2.75) is 24.2 Å². The summed E-state index contributed by atoms with van der Waals surface area (Å²) in [5.41, 5.74) is 0. The molecule has 1 unspecified atom stereocenters. The predicted molar refractivity (Wildman–Crippen MR) is 84.6 cm³/mol. The van der Waals surface area contributed by atoms with E-state index in [0.29, 0.717) is 16.9 Å². The van der Waals surface area contributed by atoms with Gasteiger partial charge in [0.1, 0.15) is 4.90 Å². The molecule has 1 fully saturated rings. The lowest BCUT2D eigenvalue weighted by Gasteiger charge is -2.22. The van der Waals surface area contributed by atoms with E-state index in [9.17, 15) is 8.42 Å². The Balaban J connectivity index is 1.95. The quantitative estimate of drug-likeness (QED) is 0.824. The smallest absolute Gasteiger partial charge is 0.242 e. The highest BCUT2D eigenvalue weighted by Gasteiger charge is 2.19. The van der Waals surface area contributed by atoms with Crippen LogP contribution in [-0.4, -0.2) is 28.1 Å². The lowest BCUT2D eigenvalue weighted by molar-refractivity contribution is 0.358. The van der Waals surface area contributed by atoms with E-state index in [2.05, 4.69) is 26.0 Å². The number of rotatable bonds is 5. The summed E-state index contributed by atoms with van der Waals surface area (Å²) in [5, 5.41) is 3.56. The van der Waals surface area contributed by atoms with Crippen LogP contribution in [0.15, 0.2) is 27.6 Å². The van der Waals surface area contributed by atoms with Gasteiger partial charge in [0.25, 0.3) is 0 Å². The van der Waals surface area contributed by atoms with Crippen molar-refractivity contribution < 1.29 is 8.42 Å². The van der Waals surface area contributed by atoms with Crippen LogP contribution in [0.4, 0.5) is 0 Å². The largest absolute Gasteiger partial charge is 0.316 e. The first kappa shape index (κ1) is 16.2. The second-order valence-electron chi connectivity index (χ2n) is 4.97. The Hall–Kier alpha value is -0.140. The van der Waals surface area contributed by atoms with Crippen LogP contribution in [0.2, 0.25) is 5.02 Å². The maximum atomic E-state index is 12.2. The van der Waals surface area contributed by atoms with Gasteiger partial charge >= 0.3 is 0 Å². The van der Waals surface area contributed by atoms with E-state index in [1.807, 2.05) is 0 Å². The first-order valence-electron chi connectivity index (χ1n) is 6.64. The Morgan fingerprint density at radius 2 is 2.25 bits per heavy atom. The van der Waals surface area contributed by atoms with Gasteiger partial charge < -0.3 is 5.32 Å². The van der Waals surface area contributed by atoms with Gasteiger partial charge in [-0.1, -0.05) is 27.5 Å². The highest BCUT2D eigenvalue weighted by Crippen LogP contribution is 2.25. The average Bonchev–Trinajstić information content (AvgIpc) is 2.42. The number of hydrogen-bond donors (Lipinski definition) is 2. The van der Waals surface area contributed by atoms with Crippen molar-refractivity contribution >= 4 is 37.6 Å². The molecule has 0 radical (unpaired) electrons. The third kappa shape index (κ3) is 4.43. The first-order valence-corrected chi connectivity index (χ1v) is 9.30. The lowest BCUT2D eigenvalue weighted by Crippen LogP contribution is -2.33. The van der Waals surface area contributed by atoms with Crippen molar-refractivity contribution in [2.75, 3.05) is 19.6 Å². The van der Waals surface area contributed by atoms with Crippen LogP contribution < -0.4 is 10.0 Å². The summed E-state index contributed by atoms with van der Waals surface area (Å²) < 4.78 is 27.8. The van der Waals surface area contributed by atoms with E-state index < -0.39 is 10.0 Å². The molecule has 0 spiro atoms. The molecule has 1 aliphatic rings. The Morgan fingerprint density at radius 3 is 2.95 bits per heavy atom. The van der Waals surface area contributed by atoms with Gasteiger partial charge in [-0.3, -0.25) is 0 Å². The van der Waals surface area contributed by atoms with Crippen LogP contribution in [0.25, 0.3) is 0 Å². The molecule has 4 nitrogen and oxygen atoms in total. The summed E-state index contributed by atoms with van der Waals surface area (Å²) >= 11 is 9.22. The van der Waals surface area contributed by atoms with Crippen LogP contribution in [0.1, 0.15) is 19.3 Å². The minimum Gasteiger partial charge on any atom is -0.316 e. The maximum absolute atomic E-state index is 12.2. The molecule has 1 saturated heterocycles. The molecule has 2 rings (SSSR count). The number of benzene rings is 1. The topological polar surface area (TPSA) is 58.2 Å². The summed E-state index contributed by atoms with van der Waals surface area (Å²) in [5.74, 6) is 0.546. The van der Waals surface area contributed by atoms with Crippen molar-refractivity contribution in [1.29, 1.82) is 0 Å². The summed E-state index contributed by atoms with van der Waals surface area (Å²) in [7, 11) is -3.55. The van der Waals surface area contributed by atoms with E-state index in [-0.39, 0.29) is 9.92 Å². The third-order valence-electron chi connectivity index (χ3n) is 3.43. The minimum atomic E-state index is -3.55. The van der Waals surface area contributed by atoms with E-state index in [0.717, 1.165) is 32.4 Å². The van der Waals surface area contributed by atoms with Gasteiger partial charge in [-0.05, 0) is 56.5 Å². The highest BCUT2D eigenvalue weighted by molar-refractivity contribution is 9.10. The van der Waals surface area contributed by atoms with Crippen molar-refractivity contribution in [3.63, 3.8) is 0 Å².